The summed E-state index contributed by atoms with van der Waals surface area (Å²) in [6.07, 6.45) is 0. The molecule has 0 aliphatic rings. The Hall–Kier alpha value is -4.27. The van der Waals surface area contributed by atoms with Crippen LogP contribution in [0.1, 0.15) is 37.9 Å². The molecule has 3 aromatic carbocycles. The number of ether oxygens (including phenoxy) is 1. The number of carbonyl (C=O) groups is 2. The van der Waals surface area contributed by atoms with E-state index < -0.39 is 29.2 Å². The fraction of sp³-hybridized carbons (Fsp3) is 0.286. The van der Waals surface area contributed by atoms with E-state index in [0.717, 1.165) is 0 Å². The van der Waals surface area contributed by atoms with Gasteiger partial charge in [0.2, 0.25) is 11.8 Å². The molecule has 0 spiro atoms. The number of carbonyl (C=O) groups excluding carboxylic acids is 2. The molecule has 1 aromatic heterocycles. The molecule has 1 unspecified atom stereocenters. The molecule has 1 heterocycles. The predicted octanol–water partition coefficient (Wildman–Crippen LogP) is 4.26. The molecule has 2 amide bonds. The van der Waals surface area contributed by atoms with Crippen molar-refractivity contribution < 1.29 is 18.7 Å². The van der Waals surface area contributed by atoms with Gasteiger partial charge >= 0.3 is 0 Å². The van der Waals surface area contributed by atoms with Crippen LogP contribution in [0.25, 0.3) is 11.0 Å². The largest absolute Gasteiger partial charge is 0.496 e. The summed E-state index contributed by atoms with van der Waals surface area (Å²) in [5.41, 5.74) is 1.47. The van der Waals surface area contributed by atoms with E-state index in [2.05, 4.69) is 15.6 Å². The zero-order valence-electron chi connectivity index (χ0n) is 21.3. The van der Waals surface area contributed by atoms with Crippen LogP contribution in [-0.4, -0.2) is 44.4 Å². The molecule has 4 rings (SSSR count). The Kier molecular flexibility index (Phi) is 7.52. The second-order valence-electron chi connectivity index (χ2n) is 9.73. The minimum Gasteiger partial charge on any atom is -0.496 e. The second kappa shape index (κ2) is 10.8. The number of rotatable bonds is 8. The number of nitrogens with one attached hydrogen (secondary N) is 1. The fourth-order valence-corrected chi connectivity index (χ4v) is 4.18. The Balaban J connectivity index is 1.81. The monoisotopic (exact) mass is 503 g/mol. The van der Waals surface area contributed by atoms with Gasteiger partial charge < -0.3 is 15.0 Å². The summed E-state index contributed by atoms with van der Waals surface area (Å²) in [7, 11) is 1.53. The average Bonchev–Trinajstić information content (AvgIpc) is 3.26. The molecule has 0 aliphatic carbocycles. The standard InChI is InChI=1S/C28H30FN5O3/c1-28(2,3)30-27(36)26(20-12-6-7-13-21(20)29)33(17-19-11-5-10-16-24(19)37-4)25(35)18-34-23-15-9-8-14-22(23)31-32-34/h5-16,26H,17-18H2,1-4H3,(H,30,36). The summed E-state index contributed by atoms with van der Waals surface area (Å²) in [6, 6.07) is 19.3. The Labute approximate surface area is 215 Å². The van der Waals surface area contributed by atoms with Crippen LogP contribution in [0, 0.1) is 5.82 Å². The smallest absolute Gasteiger partial charge is 0.247 e. The predicted molar refractivity (Wildman–Crippen MR) is 138 cm³/mol. The van der Waals surface area contributed by atoms with Gasteiger partial charge in [-0.2, -0.15) is 0 Å². The van der Waals surface area contributed by atoms with Crippen molar-refractivity contribution in [3.05, 3.63) is 89.7 Å². The number of benzene rings is 3. The molecule has 0 saturated carbocycles. The molecule has 8 nitrogen and oxygen atoms in total. The van der Waals surface area contributed by atoms with Crippen LogP contribution in [0.3, 0.4) is 0 Å². The van der Waals surface area contributed by atoms with E-state index in [1.807, 2.05) is 57.2 Å². The summed E-state index contributed by atoms with van der Waals surface area (Å²) >= 11 is 0. The lowest BCUT2D eigenvalue weighted by atomic mass is 10.00. The molecule has 4 aromatic rings. The first-order valence-electron chi connectivity index (χ1n) is 11.9. The van der Waals surface area contributed by atoms with Gasteiger partial charge in [0.05, 0.1) is 19.2 Å². The molecule has 0 bridgehead atoms. The molecular formula is C28H30FN5O3. The summed E-state index contributed by atoms with van der Waals surface area (Å²) in [4.78, 5) is 29.0. The zero-order chi connectivity index (χ0) is 26.6. The van der Waals surface area contributed by atoms with Crippen LogP contribution in [0.15, 0.2) is 72.8 Å². The van der Waals surface area contributed by atoms with Crippen LogP contribution in [0.4, 0.5) is 4.39 Å². The van der Waals surface area contributed by atoms with Crippen molar-refractivity contribution in [3.63, 3.8) is 0 Å². The van der Waals surface area contributed by atoms with E-state index in [1.165, 1.54) is 28.8 Å². The van der Waals surface area contributed by atoms with Gasteiger partial charge in [0.1, 0.15) is 29.7 Å². The number of fused-ring (bicyclic) bond motifs is 1. The van der Waals surface area contributed by atoms with E-state index in [0.29, 0.717) is 22.3 Å². The lowest BCUT2D eigenvalue weighted by molar-refractivity contribution is -0.143. The highest BCUT2D eigenvalue weighted by atomic mass is 19.1. The van der Waals surface area contributed by atoms with E-state index in [9.17, 15) is 9.59 Å². The highest BCUT2D eigenvalue weighted by Gasteiger charge is 2.35. The summed E-state index contributed by atoms with van der Waals surface area (Å²) in [5, 5.41) is 11.2. The quantitative estimate of drug-likeness (QED) is 0.388. The number of amides is 2. The molecular weight excluding hydrogens is 473 g/mol. The minimum atomic E-state index is -1.24. The molecule has 1 atom stereocenters. The van der Waals surface area contributed by atoms with E-state index in [-0.39, 0.29) is 18.7 Å². The lowest BCUT2D eigenvalue weighted by Gasteiger charge is -2.34. The van der Waals surface area contributed by atoms with E-state index >= 15 is 4.39 Å². The number of aromatic nitrogens is 3. The lowest BCUT2D eigenvalue weighted by Crippen LogP contribution is -2.50. The normalized spacial score (nSPS) is 12.2. The zero-order valence-corrected chi connectivity index (χ0v) is 21.3. The van der Waals surface area contributed by atoms with Gasteiger partial charge in [-0.1, -0.05) is 53.7 Å². The first-order chi connectivity index (χ1) is 17.7. The van der Waals surface area contributed by atoms with Crippen molar-refractivity contribution in [1.29, 1.82) is 0 Å². The van der Waals surface area contributed by atoms with E-state index in [4.69, 9.17) is 4.74 Å². The molecule has 0 fully saturated rings. The highest BCUT2D eigenvalue weighted by molar-refractivity contribution is 5.89. The summed E-state index contributed by atoms with van der Waals surface area (Å²) < 4.78 is 22.1. The minimum absolute atomic E-state index is 0.00599. The van der Waals surface area contributed by atoms with Crippen molar-refractivity contribution in [2.24, 2.45) is 0 Å². The summed E-state index contributed by atoms with van der Waals surface area (Å²) in [6.45, 7) is 5.31. The average molecular weight is 504 g/mol. The SMILES string of the molecule is COc1ccccc1CN(C(=O)Cn1nnc2ccccc21)C(C(=O)NC(C)(C)C)c1ccccc1F. The van der Waals surface area contributed by atoms with Crippen molar-refractivity contribution in [3.8, 4) is 5.75 Å². The van der Waals surface area contributed by atoms with Gasteiger partial charge in [0, 0.05) is 16.7 Å². The maximum atomic E-state index is 15.2. The third-order valence-electron chi connectivity index (χ3n) is 5.82. The molecule has 192 valence electrons. The first-order valence-corrected chi connectivity index (χ1v) is 11.9. The van der Waals surface area contributed by atoms with Gasteiger partial charge in [-0.25, -0.2) is 9.07 Å². The topological polar surface area (TPSA) is 89.3 Å². The Morgan fingerprint density at radius 1 is 1.03 bits per heavy atom. The first kappa shape index (κ1) is 25.8. The molecule has 0 radical (unpaired) electrons. The fourth-order valence-electron chi connectivity index (χ4n) is 4.18. The van der Waals surface area contributed by atoms with Crippen molar-refractivity contribution >= 4 is 22.8 Å². The van der Waals surface area contributed by atoms with Crippen LogP contribution in [0.5, 0.6) is 5.75 Å². The number of hydrogen-bond donors (Lipinski definition) is 1. The van der Waals surface area contributed by atoms with E-state index in [1.54, 1.807) is 24.3 Å². The molecule has 1 N–H and O–H groups in total. The van der Waals surface area contributed by atoms with Crippen LogP contribution in [0.2, 0.25) is 0 Å². The van der Waals surface area contributed by atoms with Crippen molar-refractivity contribution in [1.82, 2.24) is 25.2 Å². The maximum absolute atomic E-state index is 15.2. The highest BCUT2D eigenvalue weighted by Crippen LogP contribution is 2.29. The third kappa shape index (κ3) is 5.94. The molecule has 0 aliphatic heterocycles. The Morgan fingerprint density at radius 3 is 2.43 bits per heavy atom. The van der Waals surface area contributed by atoms with Gasteiger partial charge in [0.15, 0.2) is 0 Å². The number of hydrogen-bond acceptors (Lipinski definition) is 5. The number of para-hydroxylation sites is 2. The van der Waals surface area contributed by atoms with Crippen LogP contribution >= 0.6 is 0 Å². The van der Waals surface area contributed by atoms with Crippen LogP contribution in [-0.2, 0) is 22.7 Å². The third-order valence-corrected chi connectivity index (χ3v) is 5.82. The van der Waals surface area contributed by atoms with Gasteiger partial charge in [-0.3, -0.25) is 9.59 Å². The molecule has 9 heteroatoms. The number of halogens is 1. The van der Waals surface area contributed by atoms with Crippen molar-refractivity contribution in [2.75, 3.05) is 7.11 Å². The second-order valence-corrected chi connectivity index (χ2v) is 9.73. The van der Waals surface area contributed by atoms with Gasteiger partial charge in [-0.15, -0.1) is 5.10 Å². The van der Waals surface area contributed by atoms with Gasteiger partial charge in [-0.05, 0) is 45.0 Å². The molecule has 37 heavy (non-hydrogen) atoms. The number of nitrogens with zero attached hydrogens (tertiary/aromatic N) is 4. The van der Waals surface area contributed by atoms with Gasteiger partial charge in [0.25, 0.3) is 0 Å². The Bertz CT molecular complexity index is 1410. The Morgan fingerprint density at radius 2 is 1.70 bits per heavy atom. The summed E-state index contributed by atoms with van der Waals surface area (Å²) in [5.74, 6) is -0.959. The maximum Gasteiger partial charge on any atom is 0.247 e. The molecule has 0 saturated heterocycles. The van der Waals surface area contributed by atoms with Crippen LogP contribution < -0.4 is 10.1 Å². The number of methoxy groups -OCH3 is 1. The van der Waals surface area contributed by atoms with Crippen molar-refractivity contribution in [2.45, 2.75) is 45.4 Å².